The fourth-order valence-corrected chi connectivity index (χ4v) is 1.40. The summed E-state index contributed by atoms with van der Waals surface area (Å²) in [5, 5.41) is 19.3. The Morgan fingerprint density at radius 3 is 2.69 bits per heavy atom. The van der Waals surface area contributed by atoms with Gasteiger partial charge in [0.1, 0.15) is 10.7 Å². The summed E-state index contributed by atoms with van der Waals surface area (Å²) in [6.07, 6.45) is 0. The Hall–Kier alpha value is -1.40. The third kappa shape index (κ3) is 3.32. The van der Waals surface area contributed by atoms with Crippen molar-refractivity contribution in [1.82, 2.24) is 4.90 Å². The summed E-state index contributed by atoms with van der Waals surface area (Å²) in [4.78, 5) is 11.8. The average molecular weight is 228 g/mol. The molecule has 0 aliphatic carbocycles. The summed E-state index contributed by atoms with van der Waals surface area (Å²) in [6.45, 7) is 5.03. The van der Waals surface area contributed by atoms with Crippen LogP contribution >= 0.6 is 0 Å². The minimum Gasteiger partial charge on any atom is -0.404 e. The summed E-state index contributed by atoms with van der Waals surface area (Å²) >= 11 is 0. The first kappa shape index (κ1) is 12.7. The van der Waals surface area contributed by atoms with E-state index >= 15 is 0 Å². The normalized spacial score (nSPS) is 11.3. The molecule has 0 unspecified atom stereocenters. The predicted molar refractivity (Wildman–Crippen MR) is 58.0 cm³/mol. The highest BCUT2D eigenvalue weighted by atomic mass is 16.6. The topological polar surface area (TPSA) is 79.8 Å². The first-order chi connectivity index (χ1) is 7.54. The van der Waals surface area contributed by atoms with E-state index in [9.17, 15) is 10.1 Å². The van der Waals surface area contributed by atoms with Gasteiger partial charge < -0.3 is 9.52 Å². The summed E-state index contributed by atoms with van der Waals surface area (Å²) in [7, 11) is 0. The highest BCUT2D eigenvalue weighted by Gasteiger charge is 2.15. The number of aliphatic hydroxyl groups is 1. The van der Waals surface area contributed by atoms with Crippen LogP contribution in [-0.4, -0.2) is 34.1 Å². The van der Waals surface area contributed by atoms with Gasteiger partial charge in [0, 0.05) is 12.6 Å². The van der Waals surface area contributed by atoms with Crippen LogP contribution in [0.25, 0.3) is 0 Å². The second kappa shape index (κ2) is 5.62. The molecule has 0 atom stereocenters. The van der Waals surface area contributed by atoms with Gasteiger partial charge in [0.25, 0.3) is 0 Å². The van der Waals surface area contributed by atoms with Crippen LogP contribution in [0.2, 0.25) is 0 Å². The SMILES string of the molecule is CC(C)N(CCO)Cc1ccc([N+](=O)[O-])o1. The molecule has 0 amide bonds. The molecule has 0 aromatic carbocycles. The minimum absolute atomic E-state index is 0.0565. The van der Waals surface area contributed by atoms with E-state index < -0.39 is 4.92 Å². The fourth-order valence-electron chi connectivity index (χ4n) is 1.40. The molecule has 6 heteroatoms. The molecular weight excluding hydrogens is 212 g/mol. The van der Waals surface area contributed by atoms with Crippen LogP contribution in [0.4, 0.5) is 5.88 Å². The third-order valence-electron chi connectivity index (χ3n) is 2.30. The average Bonchev–Trinajstić information content (AvgIpc) is 2.65. The second-order valence-electron chi connectivity index (χ2n) is 3.78. The van der Waals surface area contributed by atoms with Crippen molar-refractivity contribution >= 4 is 5.88 Å². The molecule has 1 aromatic heterocycles. The molecule has 0 spiro atoms. The Morgan fingerprint density at radius 2 is 2.25 bits per heavy atom. The van der Waals surface area contributed by atoms with Crippen molar-refractivity contribution in [3.63, 3.8) is 0 Å². The lowest BCUT2D eigenvalue weighted by atomic mass is 10.3. The second-order valence-corrected chi connectivity index (χ2v) is 3.78. The Labute approximate surface area is 93.6 Å². The van der Waals surface area contributed by atoms with E-state index in [4.69, 9.17) is 9.52 Å². The maximum Gasteiger partial charge on any atom is 0.433 e. The van der Waals surface area contributed by atoms with Crippen LogP contribution in [0.3, 0.4) is 0 Å². The number of furan rings is 1. The number of hydrogen-bond donors (Lipinski definition) is 1. The Kier molecular flexibility index (Phi) is 4.45. The quantitative estimate of drug-likeness (QED) is 0.588. The van der Waals surface area contributed by atoms with Crippen LogP contribution in [0.5, 0.6) is 0 Å². The number of nitrogens with zero attached hydrogens (tertiary/aromatic N) is 2. The lowest BCUT2D eigenvalue weighted by Crippen LogP contribution is -2.32. The van der Waals surface area contributed by atoms with Gasteiger partial charge in [-0.3, -0.25) is 15.0 Å². The van der Waals surface area contributed by atoms with E-state index in [1.807, 2.05) is 18.7 Å². The van der Waals surface area contributed by atoms with E-state index in [0.29, 0.717) is 18.8 Å². The molecule has 1 N–H and O–H groups in total. The molecule has 16 heavy (non-hydrogen) atoms. The van der Waals surface area contributed by atoms with Gasteiger partial charge in [-0.05, 0) is 19.9 Å². The Morgan fingerprint density at radius 1 is 1.56 bits per heavy atom. The van der Waals surface area contributed by atoms with Gasteiger partial charge in [-0.2, -0.15) is 0 Å². The van der Waals surface area contributed by atoms with E-state index in [2.05, 4.69) is 0 Å². The Bertz CT molecular complexity index is 348. The van der Waals surface area contributed by atoms with Crippen LogP contribution in [-0.2, 0) is 6.54 Å². The number of aliphatic hydroxyl groups excluding tert-OH is 1. The van der Waals surface area contributed by atoms with Crippen molar-refractivity contribution in [3.05, 3.63) is 28.0 Å². The van der Waals surface area contributed by atoms with Gasteiger partial charge in [0.2, 0.25) is 0 Å². The van der Waals surface area contributed by atoms with Gasteiger partial charge in [-0.1, -0.05) is 0 Å². The lowest BCUT2D eigenvalue weighted by Gasteiger charge is -2.24. The van der Waals surface area contributed by atoms with Crippen molar-refractivity contribution in [3.8, 4) is 0 Å². The van der Waals surface area contributed by atoms with Crippen molar-refractivity contribution < 1.29 is 14.4 Å². The molecule has 0 radical (unpaired) electrons. The highest BCUT2D eigenvalue weighted by Crippen LogP contribution is 2.17. The molecule has 1 aromatic rings. The van der Waals surface area contributed by atoms with E-state index in [-0.39, 0.29) is 18.5 Å². The van der Waals surface area contributed by atoms with Crippen molar-refractivity contribution in [2.45, 2.75) is 26.4 Å². The van der Waals surface area contributed by atoms with Crippen molar-refractivity contribution in [2.75, 3.05) is 13.2 Å². The van der Waals surface area contributed by atoms with Crippen LogP contribution in [0, 0.1) is 10.1 Å². The van der Waals surface area contributed by atoms with Gasteiger partial charge in [0.15, 0.2) is 0 Å². The molecule has 0 fully saturated rings. The predicted octanol–water partition coefficient (Wildman–Crippen LogP) is 1.39. The first-order valence-electron chi connectivity index (χ1n) is 5.12. The van der Waals surface area contributed by atoms with Crippen LogP contribution < -0.4 is 0 Å². The molecule has 90 valence electrons. The monoisotopic (exact) mass is 228 g/mol. The van der Waals surface area contributed by atoms with Gasteiger partial charge >= 0.3 is 5.88 Å². The minimum atomic E-state index is -0.560. The molecule has 1 heterocycles. The zero-order valence-corrected chi connectivity index (χ0v) is 9.42. The zero-order valence-electron chi connectivity index (χ0n) is 9.42. The number of hydrogen-bond acceptors (Lipinski definition) is 5. The maximum atomic E-state index is 10.4. The number of rotatable bonds is 6. The van der Waals surface area contributed by atoms with Gasteiger partial charge in [-0.25, -0.2) is 0 Å². The van der Waals surface area contributed by atoms with Gasteiger partial charge in [-0.15, -0.1) is 0 Å². The molecule has 0 saturated heterocycles. The highest BCUT2D eigenvalue weighted by molar-refractivity contribution is 5.17. The molecule has 1 rings (SSSR count). The lowest BCUT2D eigenvalue weighted by molar-refractivity contribution is -0.402. The fraction of sp³-hybridized carbons (Fsp3) is 0.600. The molecule has 0 aliphatic rings. The van der Waals surface area contributed by atoms with Gasteiger partial charge in [0.05, 0.1) is 19.2 Å². The standard InChI is InChI=1S/C10H16N2O4/c1-8(2)11(5-6-13)7-9-3-4-10(16-9)12(14)15/h3-4,8,13H,5-7H2,1-2H3. The summed E-state index contributed by atoms with van der Waals surface area (Å²) in [5.74, 6) is 0.288. The van der Waals surface area contributed by atoms with E-state index in [0.717, 1.165) is 0 Å². The molecule has 0 aliphatic heterocycles. The molecular formula is C10H16N2O4. The largest absolute Gasteiger partial charge is 0.433 e. The third-order valence-corrected chi connectivity index (χ3v) is 2.30. The summed E-state index contributed by atoms with van der Waals surface area (Å²) in [6, 6.07) is 3.17. The zero-order chi connectivity index (χ0) is 12.1. The molecule has 0 bridgehead atoms. The van der Waals surface area contributed by atoms with Crippen LogP contribution in [0.15, 0.2) is 16.5 Å². The molecule has 6 nitrogen and oxygen atoms in total. The van der Waals surface area contributed by atoms with E-state index in [1.165, 1.54) is 6.07 Å². The van der Waals surface area contributed by atoms with Crippen LogP contribution in [0.1, 0.15) is 19.6 Å². The molecule has 0 saturated carbocycles. The smallest absolute Gasteiger partial charge is 0.404 e. The summed E-state index contributed by atoms with van der Waals surface area (Å²) in [5.41, 5.74) is 0. The van der Waals surface area contributed by atoms with Crippen molar-refractivity contribution in [2.24, 2.45) is 0 Å². The van der Waals surface area contributed by atoms with E-state index in [1.54, 1.807) is 6.07 Å². The Balaban J connectivity index is 2.66. The maximum absolute atomic E-state index is 10.4. The van der Waals surface area contributed by atoms with Crippen molar-refractivity contribution in [1.29, 1.82) is 0 Å². The number of nitro groups is 1. The first-order valence-corrected chi connectivity index (χ1v) is 5.12. The summed E-state index contributed by atoms with van der Waals surface area (Å²) < 4.78 is 5.05.